The van der Waals surface area contributed by atoms with Crippen LogP contribution in [0.2, 0.25) is 0 Å². The van der Waals surface area contributed by atoms with Crippen LogP contribution in [0.15, 0.2) is 58.6 Å². The van der Waals surface area contributed by atoms with Gasteiger partial charge in [0.2, 0.25) is 0 Å². The molecule has 1 atom stereocenters. The van der Waals surface area contributed by atoms with E-state index in [9.17, 15) is 4.79 Å². The summed E-state index contributed by atoms with van der Waals surface area (Å²) in [5.74, 6) is 1.13. The van der Waals surface area contributed by atoms with E-state index < -0.39 is 0 Å². The summed E-state index contributed by atoms with van der Waals surface area (Å²) < 4.78 is 0. The summed E-state index contributed by atoms with van der Waals surface area (Å²) >= 11 is 1.77. The molecule has 3 nitrogen and oxygen atoms in total. The van der Waals surface area contributed by atoms with E-state index in [4.69, 9.17) is 0 Å². The number of allylic oxidation sites excluding steroid dienone is 1. The minimum Gasteiger partial charge on any atom is -0.322 e. The lowest BCUT2D eigenvalue weighted by Crippen LogP contribution is -2.11. The lowest BCUT2D eigenvalue weighted by molar-refractivity contribution is 0.102. The predicted molar refractivity (Wildman–Crippen MR) is 108 cm³/mol. The van der Waals surface area contributed by atoms with Gasteiger partial charge in [0.15, 0.2) is 0 Å². The van der Waals surface area contributed by atoms with E-state index in [1.165, 1.54) is 4.91 Å². The van der Waals surface area contributed by atoms with Crippen LogP contribution < -0.4 is 5.32 Å². The van der Waals surface area contributed by atoms with Crippen LogP contribution in [0.5, 0.6) is 0 Å². The topological polar surface area (TPSA) is 41.5 Å². The number of anilines is 1. The van der Waals surface area contributed by atoms with E-state index in [0.29, 0.717) is 0 Å². The van der Waals surface area contributed by atoms with Crippen LogP contribution in [0, 0.1) is 0 Å². The standard InChI is InChI=1S/C21H22N2OS/c1-4-25-16(13-22-3)11-15-9-10-18-14(2)17-7-5-6-8-19(17)21(24)23-20(18)12-15/h5-10,12-14H,3-4,11H2,1-2H3,(H,23,24)/b16-13-. The number of nitrogens with one attached hydrogen (secondary N) is 1. The molecule has 2 aromatic rings. The van der Waals surface area contributed by atoms with E-state index >= 15 is 0 Å². The third-order valence-corrected chi connectivity index (χ3v) is 5.36. The number of fused-ring (bicyclic) bond motifs is 2. The van der Waals surface area contributed by atoms with Crippen LogP contribution in [-0.4, -0.2) is 18.4 Å². The van der Waals surface area contributed by atoms with Crippen LogP contribution >= 0.6 is 11.8 Å². The lowest BCUT2D eigenvalue weighted by Gasteiger charge is -2.15. The number of hydrogen-bond donors (Lipinski definition) is 1. The van der Waals surface area contributed by atoms with Crippen LogP contribution in [-0.2, 0) is 6.42 Å². The fourth-order valence-electron chi connectivity index (χ4n) is 3.26. The second-order valence-corrected chi connectivity index (χ2v) is 7.46. The second-order valence-electron chi connectivity index (χ2n) is 6.07. The molecule has 1 N–H and O–H groups in total. The molecule has 1 aliphatic rings. The van der Waals surface area contributed by atoms with Crippen molar-refractivity contribution in [3.05, 3.63) is 75.8 Å². The van der Waals surface area contributed by atoms with Crippen molar-refractivity contribution in [1.29, 1.82) is 0 Å². The quantitative estimate of drug-likeness (QED) is 0.749. The Kier molecular flexibility index (Phi) is 5.39. The summed E-state index contributed by atoms with van der Waals surface area (Å²) in [5.41, 5.74) is 5.04. The molecule has 1 aliphatic heterocycles. The first-order chi connectivity index (χ1) is 12.1. The van der Waals surface area contributed by atoms with Gasteiger partial charge in [0.1, 0.15) is 0 Å². The number of hydrogen-bond acceptors (Lipinski definition) is 3. The normalized spacial score (nSPS) is 16.5. The minimum absolute atomic E-state index is 0.0372. The van der Waals surface area contributed by atoms with E-state index in [0.717, 1.165) is 40.1 Å². The molecule has 2 aromatic carbocycles. The molecule has 3 rings (SSSR count). The van der Waals surface area contributed by atoms with Gasteiger partial charge >= 0.3 is 0 Å². The molecule has 0 fully saturated rings. The van der Waals surface area contributed by atoms with Crippen molar-refractivity contribution in [2.45, 2.75) is 26.2 Å². The van der Waals surface area contributed by atoms with Gasteiger partial charge in [0.05, 0.1) is 0 Å². The van der Waals surface area contributed by atoms with Gasteiger partial charge in [-0.1, -0.05) is 44.2 Å². The third kappa shape index (κ3) is 3.69. The number of carbonyl (C=O) groups is 1. The van der Waals surface area contributed by atoms with Gasteiger partial charge in [-0.25, -0.2) is 0 Å². The smallest absolute Gasteiger partial charge is 0.255 e. The summed E-state index contributed by atoms with van der Waals surface area (Å²) in [6, 6.07) is 14.2. The Balaban J connectivity index is 1.96. The number of benzene rings is 2. The average molecular weight is 350 g/mol. The summed E-state index contributed by atoms with van der Waals surface area (Å²) in [7, 11) is 0. The Morgan fingerprint density at radius 2 is 2.08 bits per heavy atom. The van der Waals surface area contributed by atoms with Crippen molar-refractivity contribution in [3.8, 4) is 0 Å². The van der Waals surface area contributed by atoms with Gasteiger partial charge in [0.25, 0.3) is 5.91 Å². The number of aliphatic imine (C=N–C) groups is 1. The van der Waals surface area contributed by atoms with Crippen molar-refractivity contribution in [1.82, 2.24) is 0 Å². The largest absolute Gasteiger partial charge is 0.322 e. The zero-order valence-electron chi connectivity index (χ0n) is 14.6. The summed E-state index contributed by atoms with van der Waals surface area (Å²) in [6.07, 6.45) is 2.61. The van der Waals surface area contributed by atoms with Crippen molar-refractivity contribution in [2.24, 2.45) is 4.99 Å². The van der Waals surface area contributed by atoms with Crippen molar-refractivity contribution < 1.29 is 4.79 Å². The molecule has 0 bridgehead atoms. The Bertz CT molecular complexity index is 842. The Morgan fingerprint density at radius 3 is 2.84 bits per heavy atom. The first-order valence-corrected chi connectivity index (χ1v) is 9.43. The average Bonchev–Trinajstić information content (AvgIpc) is 2.71. The highest BCUT2D eigenvalue weighted by Gasteiger charge is 2.24. The number of rotatable bonds is 5. The summed E-state index contributed by atoms with van der Waals surface area (Å²) in [6.45, 7) is 7.83. The summed E-state index contributed by atoms with van der Waals surface area (Å²) in [5, 5.41) is 3.09. The lowest BCUT2D eigenvalue weighted by atomic mass is 9.89. The zero-order valence-corrected chi connectivity index (χ0v) is 15.4. The number of carbonyl (C=O) groups excluding carboxylic acids is 1. The van der Waals surface area contributed by atoms with E-state index in [2.05, 4.69) is 49.1 Å². The van der Waals surface area contributed by atoms with Crippen LogP contribution in [0.1, 0.15) is 46.8 Å². The Morgan fingerprint density at radius 1 is 1.28 bits per heavy atom. The molecule has 0 saturated heterocycles. The maximum atomic E-state index is 12.6. The third-order valence-electron chi connectivity index (χ3n) is 4.45. The highest BCUT2D eigenvalue weighted by atomic mass is 32.2. The van der Waals surface area contributed by atoms with Gasteiger partial charge in [-0.3, -0.25) is 9.79 Å². The number of amides is 1. The maximum absolute atomic E-state index is 12.6. The summed E-state index contributed by atoms with van der Waals surface area (Å²) in [4.78, 5) is 17.7. The highest BCUT2D eigenvalue weighted by Crippen LogP contribution is 2.36. The van der Waals surface area contributed by atoms with Crippen LogP contribution in [0.3, 0.4) is 0 Å². The van der Waals surface area contributed by atoms with Gasteiger partial charge in [-0.2, -0.15) is 0 Å². The van der Waals surface area contributed by atoms with Crippen LogP contribution in [0.4, 0.5) is 5.69 Å². The van der Waals surface area contributed by atoms with Gasteiger partial charge in [0, 0.05) is 34.7 Å². The van der Waals surface area contributed by atoms with Crippen LogP contribution in [0.25, 0.3) is 0 Å². The molecule has 0 aliphatic carbocycles. The molecule has 0 saturated carbocycles. The SMILES string of the molecule is C=N/C=C(/Cc1ccc2c(c1)NC(=O)c1ccccc1C2C)SCC. The fourth-order valence-corrected chi connectivity index (χ4v) is 4.05. The fraction of sp³-hybridized carbons (Fsp3) is 0.238. The molecule has 0 spiro atoms. The second kappa shape index (κ2) is 7.70. The first kappa shape index (κ1) is 17.5. The van der Waals surface area contributed by atoms with Gasteiger partial charge < -0.3 is 5.32 Å². The highest BCUT2D eigenvalue weighted by molar-refractivity contribution is 8.03. The molecule has 0 aromatic heterocycles. The number of nitrogens with zero attached hydrogens (tertiary/aromatic N) is 1. The molecule has 25 heavy (non-hydrogen) atoms. The molecule has 1 amide bonds. The molecule has 1 unspecified atom stereocenters. The Hall–Kier alpha value is -2.33. The van der Waals surface area contributed by atoms with Gasteiger partial charge in [-0.05, 0) is 41.3 Å². The monoisotopic (exact) mass is 350 g/mol. The Labute approximate surface area is 153 Å². The molecule has 1 heterocycles. The number of thioether (sulfide) groups is 1. The minimum atomic E-state index is -0.0372. The molecule has 4 heteroatoms. The molecule has 0 radical (unpaired) electrons. The van der Waals surface area contributed by atoms with Crippen molar-refractivity contribution in [3.63, 3.8) is 0 Å². The van der Waals surface area contributed by atoms with Crippen molar-refractivity contribution >= 4 is 30.1 Å². The van der Waals surface area contributed by atoms with Crippen molar-refractivity contribution in [2.75, 3.05) is 11.1 Å². The van der Waals surface area contributed by atoms with E-state index in [-0.39, 0.29) is 11.8 Å². The zero-order chi connectivity index (χ0) is 17.8. The maximum Gasteiger partial charge on any atom is 0.255 e. The molecular weight excluding hydrogens is 328 g/mol. The van der Waals surface area contributed by atoms with E-state index in [1.807, 2.05) is 30.5 Å². The van der Waals surface area contributed by atoms with Gasteiger partial charge in [-0.15, -0.1) is 11.8 Å². The molecular formula is C21H22N2OS. The molecule has 128 valence electrons. The predicted octanol–water partition coefficient (Wildman–Crippen LogP) is 5.24. The van der Waals surface area contributed by atoms with E-state index in [1.54, 1.807) is 11.8 Å². The first-order valence-electron chi connectivity index (χ1n) is 8.44.